The largest absolute Gasteiger partial charge is 0.355 e. The summed E-state index contributed by atoms with van der Waals surface area (Å²) in [7, 11) is -3.28. The number of rotatable bonds is 7. The molecule has 2 rings (SSSR count). The molecule has 0 spiro atoms. The van der Waals surface area contributed by atoms with Gasteiger partial charge < -0.3 is 5.32 Å². The maximum absolute atomic E-state index is 12.2. The molecule has 0 bridgehead atoms. The minimum Gasteiger partial charge on any atom is -0.355 e. The van der Waals surface area contributed by atoms with Gasteiger partial charge in [0, 0.05) is 43.3 Å². The second kappa shape index (κ2) is 8.35. The van der Waals surface area contributed by atoms with Crippen LogP contribution in [0.2, 0.25) is 0 Å². The maximum atomic E-state index is 12.2. The van der Waals surface area contributed by atoms with Crippen LogP contribution in [0, 0.1) is 13.8 Å². The Morgan fingerprint density at radius 3 is 2.62 bits per heavy atom. The SMILES string of the molecule is Cc1cc(C)n([C@H](C)CC(=O)NCCS(=O)(=O)N2CCSCC2)n1. The van der Waals surface area contributed by atoms with Crippen LogP contribution in [-0.2, 0) is 14.8 Å². The summed E-state index contributed by atoms with van der Waals surface area (Å²) in [4.78, 5) is 12.0. The number of sulfonamides is 1. The van der Waals surface area contributed by atoms with Crippen molar-refractivity contribution in [2.24, 2.45) is 0 Å². The van der Waals surface area contributed by atoms with E-state index in [0.29, 0.717) is 13.1 Å². The number of hydrogen-bond acceptors (Lipinski definition) is 5. The first-order valence-corrected chi connectivity index (χ1v) is 10.9. The molecule has 24 heavy (non-hydrogen) atoms. The minimum atomic E-state index is -3.28. The summed E-state index contributed by atoms with van der Waals surface area (Å²) >= 11 is 1.77. The van der Waals surface area contributed by atoms with Crippen molar-refractivity contribution in [2.75, 3.05) is 36.9 Å². The molecule has 0 unspecified atom stereocenters. The highest BCUT2D eigenvalue weighted by atomic mass is 32.2. The molecular formula is C15H26N4O3S2. The van der Waals surface area contributed by atoms with Gasteiger partial charge in [0.05, 0.1) is 17.5 Å². The normalized spacial score (nSPS) is 17.6. The number of nitrogens with zero attached hydrogens (tertiary/aromatic N) is 3. The highest BCUT2D eigenvalue weighted by Crippen LogP contribution is 2.15. The van der Waals surface area contributed by atoms with E-state index in [1.165, 1.54) is 4.31 Å². The van der Waals surface area contributed by atoms with Crippen molar-refractivity contribution in [3.05, 3.63) is 17.5 Å². The first kappa shape index (κ1) is 19.3. The van der Waals surface area contributed by atoms with Crippen molar-refractivity contribution in [3.63, 3.8) is 0 Å². The molecule has 7 nitrogen and oxygen atoms in total. The average Bonchev–Trinajstić information content (AvgIpc) is 2.86. The third kappa shape index (κ3) is 5.22. The number of aryl methyl sites for hydroxylation is 2. The van der Waals surface area contributed by atoms with Crippen LogP contribution in [-0.4, -0.2) is 65.3 Å². The summed E-state index contributed by atoms with van der Waals surface area (Å²) in [5.41, 5.74) is 1.93. The maximum Gasteiger partial charge on any atom is 0.222 e. The molecular weight excluding hydrogens is 348 g/mol. The number of carbonyl (C=O) groups excluding carboxylic acids is 1. The summed E-state index contributed by atoms with van der Waals surface area (Å²) in [6.45, 7) is 7.08. The van der Waals surface area contributed by atoms with Gasteiger partial charge in [0.2, 0.25) is 15.9 Å². The van der Waals surface area contributed by atoms with Crippen molar-refractivity contribution in [1.82, 2.24) is 19.4 Å². The van der Waals surface area contributed by atoms with Gasteiger partial charge in [0.15, 0.2) is 0 Å². The van der Waals surface area contributed by atoms with Gasteiger partial charge in [0.25, 0.3) is 0 Å². The first-order chi connectivity index (χ1) is 11.3. The van der Waals surface area contributed by atoms with Crippen LogP contribution in [0.5, 0.6) is 0 Å². The van der Waals surface area contributed by atoms with Crippen LogP contribution >= 0.6 is 11.8 Å². The van der Waals surface area contributed by atoms with Crippen LogP contribution in [0.1, 0.15) is 30.8 Å². The van der Waals surface area contributed by atoms with Crippen molar-refractivity contribution < 1.29 is 13.2 Å². The summed E-state index contributed by atoms with van der Waals surface area (Å²) in [5.74, 6) is 1.48. The molecule has 1 aliphatic heterocycles. The Balaban J connectivity index is 1.77. The smallest absolute Gasteiger partial charge is 0.222 e. The van der Waals surface area contributed by atoms with Crippen LogP contribution in [0.3, 0.4) is 0 Å². The fourth-order valence-corrected chi connectivity index (χ4v) is 5.28. The van der Waals surface area contributed by atoms with Gasteiger partial charge in [-0.1, -0.05) is 0 Å². The zero-order chi connectivity index (χ0) is 17.7. The van der Waals surface area contributed by atoms with Crippen molar-refractivity contribution in [2.45, 2.75) is 33.2 Å². The number of carbonyl (C=O) groups is 1. The summed E-state index contributed by atoms with van der Waals surface area (Å²) in [6, 6.07) is 1.91. The fourth-order valence-electron chi connectivity index (χ4n) is 2.79. The Hall–Kier alpha value is -1.06. The van der Waals surface area contributed by atoms with E-state index in [2.05, 4.69) is 10.4 Å². The molecule has 0 aliphatic carbocycles. The molecule has 0 aromatic carbocycles. The van der Waals surface area contributed by atoms with Crippen LogP contribution in [0.25, 0.3) is 0 Å². The Morgan fingerprint density at radius 1 is 1.38 bits per heavy atom. The molecule has 1 atom stereocenters. The molecule has 1 fully saturated rings. The molecule has 1 N–H and O–H groups in total. The first-order valence-electron chi connectivity index (χ1n) is 8.14. The number of thioether (sulfide) groups is 1. The van der Waals surface area contributed by atoms with E-state index in [0.717, 1.165) is 22.9 Å². The van der Waals surface area contributed by atoms with E-state index < -0.39 is 10.0 Å². The highest BCUT2D eigenvalue weighted by molar-refractivity contribution is 7.99. The minimum absolute atomic E-state index is 0.0440. The Bertz CT molecular complexity index is 666. The molecule has 1 saturated heterocycles. The lowest BCUT2D eigenvalue weighted by molar-refractivity contribution is -0.121. The molecule has 0 radical (unpaired) electrons. The van der Waals surface area contributed by atoms with E-state index in [-0.39, 0.29) is 30.7 Å². The topological polar surface area (TPSA) is 84.3 Å². The third-order valence-electron chi connectivity index (χ3n) is 3.99. The molecule has 1 aromatic rings. The molecule has 136 valence electrons. The summed E-state index contributed by atoms with van der Waals surface area (Å²) in [5, 5.41) is 7.09. The lowest BCUT2D eigenvalue weighted by atomic mass is 10.2. The Labute approximate surface area is 148 Å². The van der Waals surface area contributed by atoms with Gasteiger partial charge in [0.1, 0.15) is 0 Å². The summed E-state index contributed by atoms with van der Waals surface area (Å²) < 4.78 is 27.8. The van der Waals surface area contributed by atoms with Crippen molar-refractivity contribution >= 4 is 27.7 Å². The van der Waals surface area contributed by atoms with Crippen LogP contribution < -0.4 is 5.32 Å². The molecule has 0 saturated carbocycles. The molecule has 1 aromatic heterocycles. The Morgan fingerprint density at radius 2 is 2.04 bits per heavy atom. The molecule has 2 heterocycles. The fraction of sp³-hybridized carbons (Fsp3) is 0.733. The highest BCUT2D eigenvalue weighted by Gasteiger charge is 2.24. The van der Waals surface area contributed by atoms with E-state index in [1.54, 1.807) is 11.8 Å². The monoisotopic (exact) mass is 374 g/mol. The van der Waals surface area contributed by atoms with Crippen LogP contribution in [0.15, 0.2) is 6.07 Å². The number of nitrogens with one attached hydrogen (secondary N) is 1. The number of aromatic nitrogens is 2. The van der Waals surface area contributed by atoms with Gasteiger partial charge >= 0.3 is 0 Å². The zero-order valence-corrected chi connectivity index (χ0v) is 16.1. The van der Waals surface area contributed by atoms with Gasteiger partial charge in [-0.3, -0.25) is 9.48 Å². The predicted octanol–water partition coefficient (Wildman–Crippen LogP) is 0.946. The van der Waals surface area contributed by atoms with Crippen molar-refractivity contribution in [3.8, 4) is 0 Å². The number of amides is 1. The standard InChI is InChI=1S/C15H26N4O3S2/c1-12-10-13(2)19(17-12)14(3)11-15(20)16-4-9-24(21,22)18-5-7-23-8-6-18/h10,14H,4-9,11H2,1-3H3,(H,16,20)/t14-/m1/s1. The quantitative estimate of drug-likeness (QED) is 0.768. The second-order valence-electron chi connectivity index (χ2n) is 6.10. The summed E-state index contributed by atoms with van der Waals surface area (Å²) in [6.07, 6.45) is 0.280. The van der Waals surface area contributed by atoms with Gasteiger partial charge in [-0.05, 0) is 26.8 Å². The zero-order valence-electron chi connectivity index (χ0n) is 14.5. The van der Waals surface area contributed by atoms with E-state index >= 15 is 0 Å². The molecule has 1 aliphatic rings. The van der Waals surface area contributed by atoms with Gasteiger partial charge in [-0.15, -0.1) is 0 Å². The third-order valence-corrected chi connectivity index (χ3v) is 6.80. The van der Waals surface area contributed by atoms with E-state index in [4.69, 9.17) is 0 Å². The lowest BCUT2D eigenvalue weighted by Gasteiger charge is -2.25. The van der Waals surface area contributed by atoms with Crippen molar-refractivity contribution in [1.29, 1.82) is 0 Å². The second-order valence-corrected chi connectivity index (χ2v) is 9.42. The predicted molar refractivity (Wildman–Crippen MR) is 96.7 cm³/mol. The van der Waals surface area contributed by atoms with Gasteiger partial charge in [-0.25, -0.2) is 12.7 Å². The molecule has 1 amide bonds. The van der Waals surface area contributed by atoms with Crippen LogP contribution in [0.4, 0.5) is 0 Å². The Kier molecular flexibility index (Phi) is 6.70. The van der Waals surface area contributed by atoms with E-state index in [9.17, 15) is 13.2 Å². The molecule has 9 heteroatoms. The average molecular weight is 375 g/mol. The number of hydrogen-bond donors (Lipinski definition) is 1. The lowest BCUT2D eigenvalue weighted by Crippen LogP contribution is -2.42. The van der Waals surface area contributed by atoms with E-state index in [1.807, 2.05) is 31.5 Å². The van der Waals surface area contributed by atoms with Gasteiger partial charge in [-0.2, -0.15) is 16.9 Å².